The maximum Gasteiger partial charge on any atom is 0.223 e. The van der Waals surface area contributed by atoms with Gasteiger partial charge in [-0.15, -0.1) is 0 Å². The number of aliphatic hydroxyl groups is 1. The average molecular weight is 276 g/mol. The van der Waals surface area contributed by atoms with Gasteiger partial charge >= 0.3 is 0 Å². The highest BCUT2D eigenvalue weighted by Crippen LogP contribution is 2.29. The van der Waals surface area contributed by atoms with Gasteiger partial charge in [0.1, 0.15) is 0 Å². The molecule has 0 bridgehead atoms. The third-order valence-electron chi connectivity index (χ3n) is 3.77. The highest BCUT2D eigenvalue weighted by atomic mass is 32.2. The number of rotatable bonds is 3. The van der Waals surface area contributed by atoms with E-state index >= 15 is 0 Å². The molecule has 1 heterocycles. The first-order valence-corrected chi connectivity index (χ1v) is 8.04. The van der Waals surface area contributed by atoms with Gasteiger partial charge in [0.05, 0.1) is 11.9 Å². The van der Waals surface area contributed by atoms with Crippen molar-refractivity contribution in [3.8, 4) is 0 Å². The minimum atomic E-state index is -3.52. The topological polar surface area (TPSA) is 101 Å². The molecule has 3 N–H and O–H groups in total. The van der Waals surface area contributed by atoms with E-state index in [0.717, 1.165) is 19.3 Å². The first kappa shape index (κ1) is 13.8. The highest BCUT2D eigenvalue weighted by Gasteiger charge is 2.37. The van der Waals surface area contributed by atoms with Gasteiger partial charge in [0, 0.05) is 24.9 Å². The fraction of sp³-hybridized carbons (Fsp3) is 0.909. The van der Waals surface area contributed by atoms with Crippen molar-refractivity contribution in [2.75, 3.05) is 12.3 Å². The molecule has 0 aromatic carbocycles. The van der Waals surface area contributed by atoms with E-state index in [1.54, 1.807) is 4.90 Å². The number of carbonyl (C=O) groups is 1. The number of nitrogens with two attached hydrogens (primary N) is 1. The second kappa shape index (κ2) is 5.14. The van der Waals surface area contributed by atoms with Crippen LogP contribution in [0.1, 0.15) is 32.1 Å². The van der Waals surface area contributed by atoms with Gasteiger partial charge in [0.15, 0.2) is 0 Å². The minimum Gasteiger partial charge on any atom is -0.393 e. The Morgan fingerprint density at radius 2 is 2.11 bits per heavy atom. The first-order valence-electron chi connectivity index (χ1n) is 6.33. The minimum absolute atomic E-state index is 0.0113. The summed E-state index contributed by atoms with van der Waals surface area (Å²) in [6.07, 6.45) is 3.12. The monoisotopic (exact) mass is 276 g/mol. The Kier molecular flexibility index (Phi) is 3.93. The van der Waals surface area contributed by atoms with Gasteiger partial charge in [0.2, 0.25) is 15.9 Å². The second-order valence-electron chi connectivity index (χ2n) is 5.42. The molecule has 104 valence electrons. The van der Waals surface area contributed by atoms with Gasteiger partial charge in [-0.05, 0) is 25.7 Å². The van der Waals surface area contributed by atoms with Crippen LogP contribution in [-0.2, 0) is 14.8 Å². The van der Waals surface area contributed by atoms with E-state index < -0.39 is 10.0 Å². The summed E-state index contributed by atoms with van der Waals surface area (Å²) in [4.78, 5) is 13.6. The molecule has 1 saturated heterocycles. The Morgan fingerprint density at radius 1 is 1.39 bits per heavy atom. The van der Waals surface area contributed by atoms with E-state index in [9.17, 15) is 18.3 Å². The zero-order valence-corrected chi connectivity index (χ0v) is 11.1. The number of carbonyl (C=O) groups excluding carboxylic acids is 1. The lowest BCUT2D eigenvalue weighted by Gasteiger charge is -2.33. The third-order valence-corrected chi connectivity index (χ3v) is 4.70. The van der Waals surface area contributed by atoms with Crippen LogP contribution in [0.25, 0.3) is 0 Å². The molecule has 3 unspecified atom stereocenters. The lowest BCUT2D eigenvalue weighted by molar-refractivity contribution is -0.130. The van der Waals surface area contributed by atoms with E-state index in [0.29, 0.717) is 13.0 Å². The number of primary sulfonamides is 1. The van der Waals surface area contributed by atoms with Crippen LogP contribution in [0.5, 0.6) is 0 Å². The predicted octanol–water partition coefficient (Wildman–Crippen LogP) is -0.573. The molecule has 0 radical (unpaired) electrons. The van der Waals surface area contributed by atoms with Gasteiger partial charge in [0.25, 0.3) is 0 Å². The van der Waals surface area contributed by atoms with Crippen LogP contribution in [0.4, 0.5) is 0 Å². The van der Waals surface area contributed by atoms with Crippen LogP contribution >= 0.6 is 0 Å². The fourth-order valence-corrected chi connectivity index (χ4v) is 3.90. The summed E-state index contributed by atoms with van der Waals surface area (Å²) in [5.74, 6) is -0.348. The zero-order chi connectivity index (χ0) is 13.3. The Bertz CT molecular complexity index is 423. The molecule has 0 spiro atoms. The molecule has 1 aliphatic heterocycles. The lowest BCUT2D eigenvalue weighted by atomic mass is 9.92. The van der Waals surface area contributed by atoms with E-state index in [1.807, 2.05) is 0 Å². The Labute approximate surface area is 107 Å². The molecular formula is C11H20N2O4S. The van der Waals surface area contributed by atoms with Crippen molar-refractivity contribution >= 4 is 15.9 Å². The molecule has 6 nitrogen and oxygen atoms in total. The Morgan fingerprint density at radius 3 is 2.72 bits per heavy atom. The normalized spacial score (nSPS) is 34.0. The standard InChI is InChI=1S/C11H20N2O4S/c12-18(16,17)7-8-4-11(15)13(6-8)9-2-1-3-10(14)5-9/h8-10,14H,1-7H2,(H2,12,16,17). The van der Waals surface area contributed by atoms with Gasteiger partial charge in [-0.2, -0.15) is 0 Å². The maximum atomic E-state index is 11.9. The molecule has 3 atom stereocenters. The Hall–Kier alpha value is -0.660. The average Bonchev–Trinajstić information content (AvgIpc) is 2.56. The van der Waals surface area contributed by atoms with Gasteiger partial charge in [-0.25, -0.2) is 13.6 Å². The van der Waals surface area contributed by atoms with Crippen molar-refractivity contribution < 1.29 is 18.3 Å². The third kappa shape index (κ3) is 3.43. The van der Waals surface area contributed by atoms with Gasteiger partial charge < -0.3 is 10.0 Å². The molecule has 1 saturated carbocycles. The molecule has 1 aliphatic carbocycles. The molecule has 7 heteroatoms. The maximum absolute atomic E-state index is 11.9. The number of sulfonamides is 1. The van der Waals surface area contributed by atoms with Crippen LogP contribution in [0.2, 0.25) is 0 Å². The summed E-state index contributed by atoms with van der Waals surface area (Å²) in [6.45, 7) is 0.451. The molecular weight excluding hydrogens is 256 g/mol. The van der Waals surface area contributed by atoms with Gasteiger partial charge in [-0.3, -0.25) is 4.79 Å². The van der Waals surface area contributed by atoms with Crippen molar-refractivity contribution in [3.05, 3.63) is 0 Å². The molecule has 2 rings (SSSR count). The summed E-state index contributed by atoms with van der Waals surface area (Å²) in [6, 6.07) is 0.0618. The number of hydrogen-bond acceptors (Lipinski definition) is 4. The molecule has 0 aromatic heterocycles. The van der Waals surface area contributed by atoms with Crippen molar-refractivity contribution in [1.82, 2.24) is 4.90 Å². The molecule has 18 heavy (non-hydrogen) atoms. The van der Waals surface area contributed by atoms with E-state index in [1.165, 1.54) is 0 Å². The lowest BCUT2D eigenvalue weighted by Crippen LogP contribution is -2.41. The van der Waals surface area contributed by atoms with E-state index in [2.05, 4.69) is 0 Å². The van der Waals surface area contributed by atoms with Crippen LogP contribution in [0, 0.1) is 5.92 Å². The fourth-order valence-electron chi connectivity index (χ4n) is 3.02. The molecule has 2 aliphatic rings. The van der Waals surface area contributed by atoms with Crippen LogP contribution in [0.15, 0.2) is 0 Å². The molecule has 0 aromatic rings. The first-order chi connectivity index (χ1) is 8.35. The summed E-state index contributed by atoms with van der Waals surface area (Å²) in [5.41, 5.74) is 0. The number of hydrogen-bond donors (Lipinski definition) is 2. The van der Waals surface area contributed by atoms with Crippen LogP contribution in [0.3, 0.4) is 0 Å². The van der Waals surface area contributed by atoms with Crippen molar-refractivity contribution in [3.63, 3.8) is 0 Å². The van der Waals surface area contributed by atoms with E-state index in [-0.39, 0.29) is 36.1 Å². The largest absolute Gasteiger partial charge is 0.393 e. The van der Waals surface area contributed by atoms with E-state index in [4.69, 9.17) is 5.14 Å². The SMILES string of the molecule is NS(=O)(=O)CC1CC(=O)N(C2CCCC(O)C2)C1. The van der Waals surface area contributed by atoms with Crippen molar-refractivity contribution in [2.45, 2.75) is 44.2 Å². The summed E-state index contributed by atoms with van der Waals surface area (Å²) in [5, 5.41) is 14.6. The number of aliphatic hydroxyl groups excluding tert-OH is 1. The van der Waals surface area contributed by atoms with Crippen molar-refractivity contribution in [2.24, 2.45) is 11.1 Å². The number of nitrogens with zero attached hydrogens (tertiary/aromatic N) is 1. The predicted molar refractivity (Wildman–Crippen MR) is 66.1 cm³/mol. The van der Waals surface area contributed by atoms with Crippen LogP contribution < -0.4 is 5.14 Å². The summed E-state index contributed by atoms with van der Waals surface area (Å²) >= 11 is 0. The van der Waals surface area contributed by atoms with Crippen LogP contribution in [-0.4, -0.2) is 48.8 Å². The smallest absolute Gasteiger partial charge is 0.223 e. The van der Waals surface area contributed by atoms with Gasteiger partial charge in [-0.1, -0.05) is 0 Å². The molecule has 2 fully saturated rings. The zero-order valence-electron chi connectivity index (χ0n) is 10.3. The number of amides is 1. The quantitative estimate of drug-likeness (QED) is 0.720. The summed E-state index contributed by atoms with van der Waals surface area (Å²) in [7, 11) is -3.52. The molecule has 1 amide bonds. The highest BCUT2D eigenvalue weighted by molar-refractivity contribution is 7.89. The number of likely N-dealkylation sites (tertiary alicyclic amines) is 1. The summed E-state index contributed by atoms with van der Waals surface area (Å²) < 4.78 is 22.1. The van der Waals surface area contributed by atoms with Crippen molar-refractivity contribution in [1.29, 1.82) is 0 Å². The second-order valence-corrected chi connectivity index (χ2v) is 7.08. The Balaban J connectivity index is 1.96.